The first kappa shape index (κ1) is 17.0. The number of amides is 2. The fourth-order valence-electron chi connectivity index (χ4n) is 3.07. The highest BCUT2D eigenvalue weighted by Gasteiger charge is 2.38. The molecule has 1 aliphatic heterocycles. The maximum atomic E-state index is 12.8. The number of carbonyl (C=O) groups excluding carboxylic acids is 2. The van der Waals surface area contributed by atoms with Gasteiger partial charge in [-0.05, 0) is 37.6 Å². The van der Waals surface area contributed by atoms with Crippen LogP contribution in [0.5, 0.6) is 0 Å². The predicted octanol–water partition coefficient (Wildman–Crippen LogP) is 2.39. The molecule has 0 saturated carbocycles. The molecule has 1 aliphatic rings. The molecule has 25 heavy (non-hydrogen) atoms. The minimum absolute atomic E-state index is 0.0361. The average molecular weight is 338 g/mol. The molecule has 0 aliphatic carbocycles. The van der Waals surface area contributed by atoms with Crippen LogP contribution < -0.4 is 10.2 Å². The number of para-hydroxylation sites is 1. The summed E-state index contributed by atoms with van der Waals surface area (Å²) < 4.78 is 0. The van der Waals surface area contributed by atoms with Crippen LogP contribution >= 0.6 is 0 Å². The van der Waals surface area contributed by atoms with E-state index in [0.29, 0.717) is 17.8 Å². The topological polar surface area (TPSA) is 65.5 Å². The fraction of sp³-hybridized carbons (Fsp3) is 0.316. The van der Waals surface area contributed by atoms with E-state index in [1.807, 2.05) is 42.2 Å². The van der Waals surface area contributed by atoms with Gasteiger partial charge in [0.1, 0.15) is 11.9 Å². The van der Waals surface area contributed by atoms with E-state index in [0.717, 1.165) is 5.69 Å². The van der Waals surface area contributed by atoms with Crippen molar-refractivity contribution in [2.45, 2.75) is 25.4 Å². The van der Waals surface area contributed by atoms with Gasteiger partial charge in [-0.3, -0.25) is 9.59 Å². The van der Waals surface area contributed by atoms with Crippen LogP contribution in [0.4, 0.5) is 11.5 Å². The van der Waals surface area contributed by atoms with Crippen LogP contribution in [0.15, 0.2) is 48.7 Å². The zero-order valence-corrected chi connectivity index (χ0v) is 14.6. The Morgan fingerprint density at radius 2 is 1.92 bits per heavy atom. The molecule has 6 nitrogen and oxygen atoms in total. The van der Waals surface area contributed by atoms with Crippen LogP contribution in [0.1, 0.15) is 23.7 Å². The lowest BCUT2D eigenvalue weighted by molar-refractivity contribution is -0.117. The van der Waals surface area contributed by atoms with Gasteiger partial charge in [-0.1, -0.05) is 18.2 Å². The summed E-state index contributed by atoms with van der Waals surface area (Å²) in [5.74, 6) is 0.532. The number of anilines is 2. The number of pyridine rings is 1. The molecular formula is C19H22N4O2. The van der Waals surface area contributed by atoms with Gasteiger partial charge >= 0.3 is 0 Å². The minimum atomic E-state index is -0.321. The lowest BCUT2D eigenvalue weighted by Crippen LogP contribution is -2.35. The molecule has 2 aromatic rings. The number of benzene rings is 1. The lowest BCUT2D eigenvalue weighted by atomic mass is 10.2. The summed E-state index contributed by atoms with van der Waals surface area (Å²) in [6.07, 6.45) is 2.23. The third-order valence-electron chi connectivity index (χ3n) is 4.33. The van der Waals surface area contributed by atoms with Gasteiger partial charge in [0.05, 0.1) is 5.56 Å². The van der Waals surface area contributed by atoms with E-state index in [1.54, 1.807) is 26.2 Å². The summed E-state index contributed by atoms with van der Waals surface area (Å²) >= 11 is 0. The summed E-state index contributed by atoms with van der Waals surface area (Å²) in [6, 6.07) is 12.9. The number of hydrogen-bond donors (Lipinski definition) is 1. The molecule has 1 aromatic carbocycles. The average Bonchev–Trinajstić information content (AvgIpc) is 2.89. The Kier molecular flexibility index (Phi) is 4.70. The zero-order valence-electron chi connectivity index (χ0n) is 14.6. The smallest absolute Gasteiger partial charge is 0.254 e. The molecular weight excluding hydrogens is 316 g/mol. The van der Waals surface area contributed by atoms with E-state index in [9.17, 15) is 9.59 Å². The number of hydrogen-bond acceptors (Lipinski definition) is 4. The van der Waals surface area contributed by atoms with Crippen LogP contribution in [0.2, 0.25) is 0 Å². The van der Waals surface area contributed by atoms with Crippen molar-refractivity contribution in [1.29, 1.82) is 0 Å². The quantitative estimate of drug-likeness (QED) is 0.930. The van der Waals surface area contributed by atoms with E-state index >= 15 is 0 Å². The van der Waals surface area contributed by atoms with Crippen molar-refractivity contribution in [3.63, 3.8) is 0 Å². The van der Waals surface area contributed by atoms with Crippen LogP contribution in [0.3, 0.4) is 0 Å². The molecule has 0 bridgehead atoms. The molecule has 2 atom stereocenters. The van der Waals surface area contributed by atoms with Gasteiger partial charge in [-0.2, -0.15) is 0 Å². The second kappa shape index (κ2) is 6.93. The molecule has 2 amide bonds. The molecule has 1 N–H and O–H groups in total. The van der Waals surface area contributed by atoms with Gasteiger partial charge in [0.2, 0.25) is 5.91 Å². The van der Waals surface area contributed by atoms with Crippen molar-refractivity contribution in [3.05, 3.63) is 54.2 Å². The Balaban J connectivity index is 1.71. The van der Waals surface area contributed by atoms with Crippen molar-refractivity contribution < 1.29 is 9.59 Å². The summed E-state index contributed by atoms with van der Waals surface area (Å²) in [5.41, 5.74) is 1.43. The Morgan fingerprint density at radius 3 is 2.52 bits per heavy atom. The van der Waals surface area contributed by atoms with E-state index in [1.165, 1.54) is 11.1 Å². The molecule has 6 heteroatoms. The summed E-state index contributed by atoms with van der Waals surface area (Å²) in [4.78, 5) is 32.3. The third-order valence-corrected chi connectivity index (χ3v) is 4.33. The molecule has 3 rings (SSSR count). The molecule has 1 saturated heterocycles. The van der Waals surface area contributed by atoms with Gasteiger partial charge in [-0.25, -0.2) is 4.98 Å². The zero-order chi connectivity index (χ0) is 18.0. The van der Waals surface area contributed by atoms with E-state index in [2.05, 4.69) is 10.3 Å². The second-order valence-electron chi connectivity index (χ2n) is 6.46. The van der Waals surface area contributed by atoms with E-state index < -0.39 is 0 Å². The first-order chi connectivity index (χ1) is 12.0. The predicted molar refractivity (Wildman–Crippen MR) is 97.7 cm³/mol. The highest BCUT2D eigenvalue weighted by Crippen LogP contribution is 2.28. The maximum Gasteiger partial charge on any atom is 0.254 e. The molecule has 0 spiro atoms. The Bertz CT molecular complexity index is 759. The van der Waals surface area contributed by atoms with Crippen molar-refractivity contribution in [3.8, 4) is 0 Å². The maximum absolute atomic E-state index is 12.8. The van der Waals surface area contributed by atoms with Crippen molar-refractivity contribution in [2.24, 2.45) is 0 Å². The van der Waals surface area contributed by atoms with E-state index in [4.69, 9.17) is 0 Å². The van der Waals surface area contributed by atoms with Crippen LogP contribution in [0, 0.1) is 0 Å². The summed E-state index contributed by atoms with van der Waals surface area (Å²) in [5, 5.41) is 3.19. The Hall–Kier alpha value is -2.89. The number of carbonyl (C=O) groups is 2. The standard InChI is InChI=1S/C19H22N4O2/c1-13-11-16(19(25)23(13)15-7-5-4-6-8-15)21-17-10-9-14(12-20-17)18(24)22(2)3/h4-10,12-13,16H,11H2,1-3H3,(H,20,21)/t13-,16-/m0/s1. The summed E-state index contributed by atoms with van der Waals surface area (Å²) in [6.45, 7) is 2.04. The first-order valence-corrected chi connectivity index (χ1v) is 8.29. The number of nitrogens with zero attached hydrogens (tertiary/aromatic N) is 3. The largest absolute Gasteiger partial charge is 0.358 e. The van der Waals surface area contributed by atoms with Crippen LogP contribution in [-0.2, 0) is 4.79 Å². The minimum Gasteiger partial charge on any atom is -0.358 e. The van der Waals surface area contributed by atoms with Gasteiger partial charge in [-0.15, -0.1) is 0 Å². The molecule has 130 valence electrons. The number of rotatable bonds is 4. The molecule has 0 unspecified atom stereocenters. The summed E-state index contributed by atoms with van der Waals surface area (Å²) in [7, 11) is 3.40. The monoisotopic (exact) mass is 338 g/mol. The molecule has 1 aromatic heterocycles. The Labute approximate surface area is 147 Å². The number of aromatic nitrogens is 1. The number of nitrogens with one attached hydrogen (secondary N) is 1. The van der Waals surface area contributed by atoms with Crippen molar-refractivity contribution in [2.75, 3.05) is 24.3 Å². The van der Waals surface area contributed by atoms with Gasteiger partial charge in [0.25, 0.3) is 5.91 Å². The van der Waals surface area contributed by atoms with Crippen LogP contribution in [0.25, 0.3) is 0 Å². The van der Waals surface area contributed by atoms with Gasteiger partial charge in [0, 0.05) is 32.0 Å². The van der Waals surface area contributed by atoms with Gasteiger partial charge < -0.3 is 15.1 Å². The van der Waals surface area contributed by atoms with Crippen molar-refractivity contribution >= 4 is 23.3 Å². The fourth-order valence-corrected chi connectivity index (χ4v) is 3.07. The molecule has 2 heterocycles. The Morgan fingerprint density at radius 1 is 1.20 bits per heavy atom. The highest BCUT2D eigenvalue weighted by atomic mass is 16.2. The van der Waals surface area contributed by atoms with Gasteiger partial charge in [0.15, 0.2) is 0 Å². The van der Waals surface area contributed by atoms with E-state index in [-0.39, 0.29) is 23.9 Å². The second-order valence-corrected chi connectivity index (χ2v) is 6.46. The normalized spacial score (nSPS) is 19.8. The SMILES string of the molecule is C[C@H]1C[C@H](Nc2ccc(C(=O)N(C)C)cn2)C(=O)N1c1ccccc1. The lowest BCUT2D eigenvalue weighted by Gasteiger charge is -2.21. The molecule has 1 fully saturated rings. The first-order valence-electron chi connectivity index (χ1n) is 8.29. The van der Waals surface area contributed by atoms with Crippen LogP contribution in [-0.4, -0.2) is 47.9 Å². The third kappa shape index (κ3) is 3.47. The van der Waals surface area contributed by atoms with Crippen molar-refractivity contribution in [1.82, 2.24) is 9.88 Å². The molecule has 0 radical (unpaired) electrons. The highest BCUT2D eigenvalue weighted by molar-refractivity contribution is 6.01.